The fourth-order valence-corrected chi connectivity index (χ4v) is 2.12. The lowest BCUT2D eigenvalue weighted by atomic mass is 10.1. The largest absolute Gasteiger partial charge is 0.493 e. The van der Waals surface area contributed by atoms with Crippen molar-refractivity contribution in [2.45, 2.75) is 6.61 Å². The summed E-state index contributed by atoms with van der Waals surface area (Å²) in [5.74, 6) is -1.15. The van der Waals surface area contributed by atoms with Gasteiger partial charge in [0.05, 0.1) is 19.8 Å². The van der Waals surface area contributed by atoms with E-state index in [9.17, 15) is 18.4 Å². The molecule has 142 valence electrons. The number of carbonyl (C=O) groups is 2. The Morgan fingerprint density at radius 2 is 1.74 bits per heavy atom. The normalized spacial score (nSPS) is 10.7. The first-order valence-corrected chi connectivity index (χ1v) is 7.64. The van der Waals surface area contributed by atoms with E-state index in [2.05, 4.69) is 9.47 Å². The molecule has 2 rings (SSSR count). The van der Waals surface area contributed by atoms with E-state index in [0.29, 0.717) is 5.56 Å². The van der Waals surface area contributed by atoms with Crippen molar-refractivity contribution in [3.05, 3.63) is 59.7 Å². The quantitative estimate of drug-likeness (QED) is 0.416. The van der Waals surface area contributed by atoms with Gasteiger partial charge in [0, 0.05) is 11.6 Å². The highest BCUT2D eigenvalue weighted by Gasteiger charge is 2.14. The van der Waals surface area contributed by atoms with Gasteiger partial charge < -0.3 is 18.9 Å². The Kier molecular flexibility index (Phi) is 6.87. The fraction of sp³-hybridized carbons (Fsp3) is 0.158. The van der Waals surface area contributed by atoms with Gasteiger partial charge in [0.15, 0.2) is 11.5 Å². The van der Waals surface area contributed by atoms with E-state index in [1.165, 1.54) is 56.7 Å². The maximum Gasteiger partial charge on any atom is 0.387 e. The maximum atomic E-state index is 12.6. The Bertz CT molecular complexity index is 831. The van der Waals surface area contributed by atoms with Crippen LogP contribution in [0.4, 0.5) is 8.78 Å². The minimum absolute atomic E-state index is 0.101. The summed E-state index contributed by atoms with van der Waals surface area (Å²) in [6.07, 6.45) is 2.33. The zero-order valence-electron chi connectivity index (χ0n) is 14.5. The second-order valence-corrected chi connectivity index (χ2v) is 5.03. The van der Waals surface area contributed by atoms with Gasteiger partial charge in [0.25, 0.3) is 0 Å². The number of methoxy groups -OCH3 is 2. The third-order valence-electron chi connectivity index (χ3n) is 3.33. The first-order chi connectivity index (χ1) is 12.9. The van der Waals surface area contributed by atoms with Crippen LogP contribution < -0.4 is 14.2 Å². The summed E-state index contributed by atoms with van der Waals surface area (Å²) in [5.41, 5.74) is 0.519. The van der Waals surface area contributed by atoms with Gasteiger partial charge in [-0.15, -0.1) is 0 Å². The molecule has 0 atom stereocenters. The zero-order chi connectivity index (χ0) is 19.8. The van der Waals surface area contributed by atoms with E-state index in [1.807, 2.05) is 0 Å². The summed E-state index contributed by atoms with van der Waals surface area (Å²) >= 11 is 0. The number of hydrogen-bond donors (Lipinski definition) is 0. The standard InChI is InChI=1S/C19H16F2O6/c1-24-15-5-3-4-12(17(15)27-19(20)21)8-11-16(22)26-14-9-6-13(7-10-14)18(23)25-2/h3-11,19H,1-2H3/b11-8+. The van der Waals surface area contributed by atoms with Crippen molar-refractivity contribution in [3.63, 3.8) is 0 Å². The molecule has 0 radical (unpaired) electrons. The van der Waals surface area contributed by atoms with Crippen molar-refractivity contribution in [1.82, 2.24) is 0 Å². The molecule has 0 spiro atoms. The van der Waals surface area contributed by atoms with Gasteiger partial charge in [-0.05, 0) is 36.4 Å². The van der Waals surface area contributed by atoms with Crippen molar-refractivity contribution < 1.29 is 37.3 Å². The number of carbonyl (C=O) groups excluding carboxylic acids is 2. The molecule has 0 N–H and O–H groups in total. The predicted octanol–water partition coefficient (Wildman–Crippen LogP) is 3.70. The predicted molar refractivity (Wildman–Crippen MR) is 92.1 cm³/mol. The highest BCUT2D eigenvalue weighted by Crippen LogP contribution is 2.33. The van der Waals surface area contributed by atoms with E-state index in [4.69, 9.17) is 9.47 Å². The van der Waals surface area contributed by atoms with Crippen molar-refractivity contribution in [1.29, 1.82) is 0 Å². The summed E-state index contributed by atoms with van der Waals surface area (Å²) in [4.78, 5) is 23.3. The van der Waals surface area contributed by atoms with Crippen LogP contribution in [0.3, 0.4) is 0 Å². The van der Waals surface area contributed by atoms with Crippen LogP contribution in [0.5, 0.6) is 17.2 Å². The lowest BCUT2D eigenvalue weighted by molar-refractivity contribution is -0.128. The minimum atomic E-state index is -3.05. The van der Waals surface area contributed by atoms with Crippen LogP contribution in [0.15, 0.2) is 48.5 Å². The van der Waals surface area contributed by atoms with Crippen molar-refractivity contribution in [2.75, 3.05) is 14.2 Å². The number of hydrogen-bond acceptors (Lipinski definition) is 6. The zero-order valence-corrected chi connectivity index (χ0v) is 14.5. The number of ether oxygens (including phenoxy) is 4. The average molecular weight is 378 g/mol. The Balaban J connectivity index is 2.11. The molecular formula is C19H16F2O6. The van der Waals surface area contributed by atoms with Crippen molar-refractivity contribution in [2.24, 2.45) is 0 Å². The first-order valence-electron chi connectivity index (χ1n) is 7.64. The van der Waals surface area contributed by atoms with Crippen LogP contribution in [-0.2, 0) is 9.53 Å². The van der Waals surface area contributed by atoms with Gasteiger partial charge in [-0.3, -0.25) is 0 Å². The Hall–Kier alpha value is -3.42. The van der Waals surface area contributed by atoms with Gasteiger partial charge in [-0.2, -0.15) is 8.78 Å². The molecule has 0 amide bonds. The van der Waals surface area contributed by atoms with Crippen molar-refractivity contribution in [3.8, 4) is 17.2 Å². The second kappa shape index (κ2) is 9.33. The summed E-state index contributed by atoms with van der Waals surface area (Å²) in [6.45, 7) is -3.05. The number of alkyl halides is 2. The molecular weight excluding hydrogens is 362 g/mol. The Labute approximate surface area is 153 Å². The number of rotatable bonds is 7. The molecule has 0 aromatic heterocycles. The molecule has 27 heavy (non-hydrogen) atoms. The number of benzene rings is 2. The lowest BCUT2D eigenvalue weighted by Gasteiger charge is -2.12. The van der Waals surface area contributed by atoms with E-state index in [-0.39, 0.29) is 22.8 Å². The monoisotopic (exact) mass is 378 g/mol. The molecule has 2 aromatic carbocycles. The van der Waals surface area contributed by atoms with Crippen LogP contribution in [-0.4, -0.2) is 32.8 Å². The molecule has 6 nitrogen and oxygen atoms in total. The van der Waals surface area contributed by atoms with Gasteiger partial charge in [-0.25, -0.2) is 9.59 Å². The lowest BCUT2D eigenvalue weighted by Crippen LogP contribution is -2.06. The van der Waals surface area contributed by atoms with Crippen LogP contribution in [0.1, 0.15) is 15.9 Å². The van der Waals surface area contributed by atoms with E-state index < -0.39 is 18.6 Å². The molecule has 2 aromatic rings. The molecule has 0 bridgehead atoms. The van der Waals surface area contributed by atoms with E-state index in [1.54, 1.807) is 6.07 Å². The Morgan fingerprint density at radius 1 is 1.04 bits per heavy atom. The Morgan fingerprint density at radius 3 is 2.33 bits per heavy atom. The van der Waals surface area contributed by atoms with Gasteiger partial charge in [0.1, 0.15) is 5.75 Å². The number of esters is 2. The SMILES string of the molecule is COC(=O)c1ccc(OC(=O)/C=C/c2cccc(OC)c2OC(F)F)cc1. The summed E-state index contributed by atoms with van der Waals surface area (Å²) in [7, 11) is 2.57. The molecule has 0 aliphatic rings. The minimum Gasteiger partial charge on any atom is -0.493 e. The summed E-state index contributed by atoms with van der Waals surface area (Å²) in [5, 5.41) is 0. The number of para-hydroxylation sites is 1. The highest BCUT2D eigenvalue weighted by molar-refractivity contribution is 5.91. The topological polar surface area (TPSA) is 71.1 Å². The van der Waals surface area contributed by atoms with Crippen LogP contribution in [0, 0.1) is 0 Å². The van der Waals surface area contributed by atoms with Crippen LogP contribution in [0.25, 0.3) is 6.08 Å². The first kappa shape index (κ1) is 19.9. The van der Waals surface area contributed by atoms with E-state index in [0.717, 1.165) is 6.08 Å². The third kappa shape index (κ3) is 5.53. The third-order valence-corrected chi connectivity index (χ3v) is 3.33. The molecule has 0 heterocycles. The van der Waals surface area contributed by atoms with Crippen LogP contribution >= 0.6 is 0 Å². The second-order valence-electron chi connectivity index (χ2n) is 5.03. The molecule has 0 aliphatic carbocycles. The summed E-state index contributed by atoms with van der Waals surface area (Å²) in [6, 6.07) is 10.2. The molecule has 0 saturated heterocycles. The molecule has 0 fully saturated rings. The molecule has 8 heteroatoms. The molecule has 0 unspecified atom stereocenters. The maximum absolute atomic E-state index is 12.6. The summed E-state index contributed by atoms with van der Waals surface area (Å²) < 4.78 is 44.3. The van der Waals surface area contributed by atoms with E-state index >= 15 is 0 Å². The van der Waals surface area contributed by atoms with Crippen LogP contribution in [0.2, 0.25) is 0 Å². The van der Waals surface area contributed by atoms with Crippen molar-refractivity contribution >= 4 is 18.0 Å². The molecule has 0 saturated carbocycles. The fourth-order valence-electron chi connectivity index (χ4n) is 2.12. The van der Waals surface area contributed by atoms with Gasteiger partial charge >= 0.3 is 18.6 Å². The molecule has 0 aliphatic heterocycles. The van der Waals surface area contributed by atoms with Gasteiger partial charge in [-0.1, -0.05) is 12.1 Å². The smallest absolute Gasteiger partial charge is 0.387 e. The number of halogens is 2. The average Bonchev–Trinajstić information content (AvgIpc) is 2.66. The highest BCUT2D eigenvalue weighted by atomic mass is 19.3. The van der Waals surface area contributed by atoms with Gasteiger partial charge in [0.2, 0.25) is 0 Å².